The van der Waals surface area contributed by atoms with Gasteiger partial charge >= 0.3 is 0 Å². The van der Waals surface area contributed by atoms with E-state index in [4.69, 9.17) is 0 Å². The SMILES string of the molecule is C[C@H](CN(C)C)N(C)C(=O)C1CC1. The maximum atomic E-state index is 11.6. The first kappa shape index (κ1) is 10.5. The lowest BCUT2D eigenvalue weighted by molar-refractivity contribution is -0.133. The van der Waals surface area contributed by atoms with E-state index in [9.17, 15) is 4.79 Å². The fourth-order valence-corrected chi connectivity index (χ4v) is 1.49. The summed E-state index contributed by atoms with van der Waals surface area (Å²) in [6, 6.07) is 0.322. The fraction of sp³-hybridized carbons (Fsp3) is 0.900. The van der Waals surface area contributed by atoms with Crippen molar-refractivity contribution in [1.29, 1.82) is 0 Å². The predicted octanol–water partition coefficient (Wildman–Crippen LogP) is 0.805. The minimum absolute atomic E-state index is 0.322. The largest absolute Gasteiger partial charge is 0.342 e. The number of rotatable bonds is 4. The van der Waals surface area contributed by atoms with Crippen LogP contribution in [0.5, 0.6) is 0 Å². The van der Waals surface area contributed by atoms with Crippen LogP contribution in [0, 0.1) is 5.92 Å². The topological polar surface area (TPSA) is 23.6 Å². The molecule has 1 atom stereocenters. The number of carbonyl (C=O) groups is 1. The maximum absolute atomic E-state index is 11.6. The van der Waals surface area contributed by atoms with Gasteiger partial charge in [0.2, 0.25) is 5.91 Å². The van der Waals surface area contributed by atoms with E-state index in [0.717, 1.165) is 19.4 Å². The van der Waals surface area contributed by atoms with Crippen molar-refractivity contribution in [3.05, 3.63) is 0 Å². The second-order valence-electron chi connectivity index (χ2n) is 4.33. The van der Waals surface area contributed by atoms with Crippen molar-refractivity contribution in [2.75, 3.05) is 27.7 Å². The Bertz CT molecular complexity index is 187. The van der Waals surface area contributed by atoms with Gasteiger partial charge in [-0.25, -0.2) is 0 Å². The molecule has 0 radical (unpaired) electrons. The Morgan fingerprint density at radius 1 is 1.38 bits per heavy atom. The van der Waals surface area contributed by atoms with Crippen LogP contribution in [0.4, 0.5) is 0 Å². The smallest absolute Gasteiger partial charge is 0.225 e. The van der Waals surface area contributed by atoms with E-state index < -0.39 is 0 Å². The van der Waals surface area contributed by atoms with Gasteiger partial charge in [-0.15, -0.1) is 0 Å². The van der Waals surface area contributed by atoms with Crippen molar-refractivity contribution in [3.8, 4) is 0 Å². The number of amides is 1. The molecule has 0 saturated heterocycles. The molecule has 0 aliphatic heterocycles. The van der Waals surface area contributed by atoms with E-state index >= 15 is 0 Å². The molecular formula is C10H20N2O. The van der Waals surface area contributed by atoms with E-state index in [1.54, 1.807) is 0 Å². The zero-order valence-electron chi connectivity index (χ0n) is 9.08. The summed E-state index contributed by atoms with van der Waals surface area (Å²) in [5.74, 6) is 0.670. The number of likely N-dealkylation sites (N-methyl/N-ethyl adjacent to an activating group) is 2. The molecule has 0 aromatic rings. The lowest BCUT2D eigenvalue weighted by Crippen LogP contribution is -2.41. The van der Waals surface area contributed by atoms with Gasteiger partial charge < -0.3 is 9.80 Å². The Morgan fingerprint density at radius 3 is 2.31 bits per heavy atom. The number of carbonyl (C=O) groups excluding carboxylic acids is 1. The summed E-state index contributed by atoms with van der Waals surface area (Å²) in [5, 5.41) is 0. The van der Waals surface area contributed by atoms with Gasteiger partial charge in [0.15, 0.2) is 0 Å². The minimum atomic E-state index is 0.322. The average Bonchev–Trinajstić information content (AvgIpc) is 2.82. The highest BCUT2D eigenvalue weighted by molar-refractivity contribution is 5.81. The summed E-state index contributed by atoms with van der Waals surface area (Å²) in [5.41, 5.74) is 0. The van der Waals surface area contributed by atoms with Crippen LogP contribution in [0.2, 0.25) is 0 Å². The summed E-state index contributed by atoms with van der Waals surface area (Å²) in [7, 11) is 5.98. The van der Waals surface area contributed by atoms with Crippen molar-refractivity contribution in [2.24, 2.45) is 5.92 Å². The molecule has 1 rings (SSSR count). The summed E-state index contributed by atoms with van der Waals surface area (Å²) in [4.78, 5) is 15.6. The van der Waals surface area contributed by atoms with Gasteiger partial charge in [-0.3, -0.25) is 4.79 Å². The van der Waals surface area contributed by atoms with Gasteiger partial charge in [-0.05, 0) is 33.9 Å². The Hall–Kier alpha value is -0.570. The predicted molar refractivity (Wildman–Crippen MR) is 53.5 cm³/mol. The van der Waals surface area contributed by atoms with Crippen LogP contribution in [-0.4, -0.2) is 49.4 Å². The van der Waals surface area contributed by atoms with E-state index in [1.165, 1.54) is 0 Å². The Kier molecular flexibility index (Phi) is 3.31. The third kappa shape index (κ3) is 2.99. The molecule has 0 unspecified atom stereocenters. The molecule has 1 amide bonds. The van der Waals surface area contributed by atoms with E-state index in [-0.39, 0.29) is 0 Å². The van der Waals surface area contributed by atoms with Crippen molar-refractivity contribution < 1.29 is 4.79 Å². The number of hydrogen-bond donors (Lipinski definition) is 0. The van der Waals surface area contributed by atoms with Crippen molar-refractivity contribution >= 4 is 5.91 Å². The van der Waals surface area contributed by atoms with Crippen molar-refractivity contribution in [3.63, 3.8) is 0 Å². The maximum Gasteiger partial charge on any atom is 0.225 e. The summed E-state index contributed by atoms with van der Waals surface area (Å²) in [6.45, 7) is 3.04. The highest BCUT2D eigenvalue weighted by Gasteiger charge is 2.33. The second kappa shape index (κ2) is 4.09. The molecule has 1 fully saturated rings. The quantitative estimate of drug-likeness (QED) is 0.645. The molecule has 0 spiro atoms. The van der Waals surface area contributed by atoms with Crippen LogP contribution in [0.3, 0.4) is 0 Å². The Labute approximate surface area is 80.7 Å². The zero-order valence-corrected chi connectivity index (χ0v) is 9.08. The molecule has 0 heterocycles. The molecule has 0 bridgehead atoms. The van der Waals surface area contributed by atoms with Gasteiger partial charge in [0.1, 0.15) is 0 Å². The molecule has 76 valence electrons. The first-order valence-electron chi connectivity index (χ1n) is 4.93. The lowest BCUT2D eigenvalue weighted by Gasteiger charge is -2.27. The van der Waals surface area contributed by atoms with Gasteiger partial charge in [0.25, 0.3) is 0 Å². The van der Waals surface area contributed by atoms with Crippen LogP contribution in [-0.2, 0) is 4.79 Å². The van der Waals surface area contributed by atoms with E-state index in [2.05, 4.69) is 11.8 Å². The standard InChI is InChI=1S/C10H20N2O/c1-8(7-11(2)3)12(4)10(13)9-5-6-9/h8-9H,5-7H2,1-4H3/t8-/m1/s1. The first-order valence-corrected chi connectivity index (χ1v) is 4.93. The van der Waals surface area contributed by atoms with Gasteiger partial charge in [-0.2, -0.15) is 0 Å². The van der Waals surface area contributed by atoms with Gasteiger partial charge in [-0.1, -0.05) is 0 Å². The number of hydrogen-bond acceptors (Lipinski definition) is 2. The Balaban J connectivity index is 2.35. The van der Waals surface area contributed by atoms with Gasteiger partial charge in [0.05, 0.1) is 0 Å². The molecular weight excluding hydrogens is 164 g/mol. The second-order valence-corrected chi connectivity index (χ2v) is 4.33. The molecule has 1 saturated carbocycles. The minimum Gasteiger partial charge on any atom is -0.342 e. The molecule has 3 nitrogen and oxygen atoms in total. The van der Waals surface area contributed by atoms with E-state index in [1.807, 2.05) is 26.0 Å². The third-order valence-electron chi connectivity index (χ3n) is 2.56. The van der Waals surface area contributed by atoms with Crippen LogP contribution in [0.25, 0.3) is 0 Å². The zero-order chi connectivity index (χ0) is 10.0. The third-order valence-corrected chi connectivity index (χ3v) is 2.56. The van der Waals surface area contributed by atoms with Crippen LogP contribution in [0.1, 0.15) is 19.8 Å². The molecule has 1 aliphatic rings. The summed E-state index contributed by atoms with van der Waals surface area (Å²) < 4.78 is 0. The van der Waals surface area contributed by atoms with E-state index in [0.29, 0.717) is 17.9 Å². The number of nitrogens with zero attached hydrogens (tertiary/aromatic N) is 2. The highest BCUT2D eigenvalue weighted by atomic mass is 16.2. The molecule has 0 aromatic carbocycles. The molecule has 3 heteroatoms. The fourth-order valence-electron chi connectivity index (χ4n) is 1.49. The normalized spacial score (nSPS) is 18.8. The monoisotopic (exact) mass is 184 g/mol. The summed E-state index contributed by atoms with van der Waals surface area (Å²) >= 11 is 0. The van der Waals surface area contributed by atoms with Crippen LogP contribution < -0.4 is 0 Å². The van der Waals surface area contributed by atoms with Crippen LogP contribution >= 0.6 is 0 Å². The molecule has 1 aliphatic carbocycles. The highest BCUT2D eigenvalue weighted by Crippen LogP contribution is 2.31. The first-order chi connectivity index (χ1) is 6.02. The summed E-state index contributed by atoms with van der Waals surface area (Å²) in [6.07, 6.45) is 2.19. The molecule has 0 N–H and O–H groups in total. The van der Waals surface area contributed by atoms with Crippen molar-refractivity contribution in [1.82, 2.24) is 9.80 Å². The average molecular weight is 184 g/mol. The van der Waals surface area contributed by atoms with Crippen molar-refractivity contribution in [2.45, 2.75) is 25.8 Å². The molecule has 13 heavy (non-hydrogen) atoms. The van der Waals surface area contributed by atoms with Gasteiger partial charge in [0, 0.05) is 25.6 Å². The van der Waals surface area contributed by atoms with Crippen LogP contribution in [0.15, 0.2) is 0 Å². The Morgan fingerprint density at radius 2 is 1.92 bits per heavy atom. The lowest BCUT2D eigenvalue weighted by atomic mass is 10.2. The molecule has 0 aromatic heterocycles.